The van der Waals surface area contributed by atoms with E-state index in [-0.39, 0.29) is 23.9 Å². The van der Waals surface area contributed by atoms with E-state index in [1.165, 1.54) is 25.3 Å². The van der Waals surface area contributed by atoms with Gasteiger partial charge in [0.1, 0.15) is 6.04 Å². The molecule has 1 aromatic heterocycles. The van der Waals surface area contributed by atoms with Crippen LogP contribution in [-0.2, 0) is 11.3 Å². The van der Waals surface area contributed by atoms with Crippen molar-refractivity contribution in [3.05, 3.63) is 23.9 Å². The van der Waals surface area contributed by atoms with Gasteiger partial charge in [-0.25, -0.2) is 9.78 Å². The summed E-state index contributed by atoms with van der Waals surface area (Å²) in [5.74, 6) is -0.540. The third-order valence-electron chi connectivity index (χ3n) is 2.95. The lowest BCUT2D eigenvalue weighted by Gasteiger charge is -2.15. The van der Waals surface area contributed by atoms with Crippen LogP contribution in [0, 0.1) is 0 Å². The van der Waals surface area contributed by atoms with Gasteiger partial charge in [-0.05, 0) is 19.4 Å². The molecule has 3 N–H and O–H groups in total. The summed E-state index contributed by atoms with van der Waals surface area (Å²) in [6.07, 6.45) is -2.43. The van der Waals surface area contributed by atoms with Gasteiger partial charge in [0.2, 0.25) is 11.8 Å². The number of urea groups is 1. The monoisotopic (exact) mass is 362 g/mol. The fraction of sp³-hybridized carbons (Fsp3) is 0.533. The molecule has 0 saturated carbocycles. The van der Waals surface area contributed by atoms with Crippen molar-refractivity contribution < 1.29 is 27.5 Å². The number of nitrogens with one attached hydrogen (secondary N) is 3. The quantitative estimate of drug-likeness (QED) is 0.657. The van der Waals surface area contributed by atoms with Gasteiger partial charge in [0.05, 0.1) is 0 Å². The number of hydrogen-bond acceptors (Lipinski definition) is 4. The second-order valence-electron chi connectivity index (χ2n) is 5.21. The number of alkyl halides is 3. The highest BCUT2D eigenvalue weighted by Gasteiger charge is 2.29. The van der Waals surface area contributed by atoms with E-state index in [2.05, 4.69) is 25.7 Å². The first-order chi connectivity index (χ1) is 11.7. The Bertz CT molecular complexity index is 581. The molecule has 0 radical (unpaired) electrons. The Morgan fingerprint density at radius 1 is 1.32 bits per heavy atom. The SMILES string of the molecule is CCCNC(=O)C(C)NC(=O)NCc1cccnc1OCC(F)(F)F. The van der Waals surface area contributed by atoms with Gasteiger partial charge in [0.25, 0.3) is 0 Å². The minimum atomic E-state index is -4.49. The van der Waals surface area contributed by atoms with E-state index in [1.807, 2.05) is 6.92 Å². The standard InChI is InChI=1S/C15H21F3N4O3/c1-3-6-19-12(23)10(2)22-14(24)21-8-11-5-4-7-20-13(11)25-9-15(16,17)18/h4-5,7,10H,3,6,8-9H2,1-2H3,(H,19,23)(H2,21,22,24). The lowest BCUT2D eigenvalue weighted by Crippen LogP contribution is -2.48. The lowest BCUT2D eigenvalue weighted by molar-refractivity contribution is -0.154. The molecule has 0 aliphatic rings. The van der Waals surface area contributed by atoms with Crippen LogP contribution in [0.15, 0.2) is 18.3 Å². The molecular weight excluding hydrogens is 341 g/mol. The van der Waals surface area contributed by atoms with Gasteiger partial charge < -0.3 is 20.7 Å². The van der Waals surface area contributed by atoms with E-state index in [0.717, 1.165) is 6.42 Å². The number of carbonyl (C=O) groups excluding carboxylic acids is 2. The molecule has 1 aromatic rings. The maximum atomic E-state index is 12.2. The van der Waals surface area contributed by atoms with E-state index in [0.29, 0.717) is 6.54 Å². The Labute approximate surface area is 143 Å². The molecule has 1 atom stereocenters. The predicted octanol–water partition coefficient (Wildman–Crippen LogP) is 1.74. The summed E-state index contributed by atoms with van der Waals surface area (Å²) in [5.41, 5.74) is 0.282. The van der Waals surface area contributed by atoms with Crippen molar-refractivity contribution in [3.8, 4) is 5.88 Å². The number of hydrogen-bond donors (Lipinski definition) is 3. The Hall–Kier alpha value is -2.52. The van der Waals surface area contributed by atoms with Gasteiger partial charge in [-0.1, -0.05) is 13.0 Å². The molecule has 1 unspecified atom stereocenters. The minimum absolute atomic E-state index is 0.101. The van der Waals surface area contributed by atoms with Crippen LogP contribution in [-0.4, -0.2) is 42.3 Å². The molecule has 0 aliphatic heterocycles. The predicted molar refractivity (Wildman–Crippen MR) is 83.9 cm³/mol. The van der Waals surface area contributed by atoms with Crippen LogP contribution >= 0.6 is 0 Å². The molecule has 0 aliphatic carbocycles. The van der Waals surface area contributed by atoms with Crippen LogP contribution in [0.1, 0.15) is 25.8 Å². The number of amides is 3. The fourth-order valence-corrected chi connectivity index (χ4v) is 1.73. The maximum Gasteiger partial charge on any atom is 0.422 e. The Morgan fingerprint density at radius 2 is 2.04 bits per heavy atom. The van der Waals surface area contributed by atoms with Crippen molar-refractivity contribution in [2.75, 3.05) is 13.2 Å². The fourth-order valence-electron chi connectivity index (χ4n) is 1.73. The summed E-state index contributed by atoms with van der Waals surface area (Å²) >= 11 is 0. The number of carbonyl (C=O) groups is 2. The van der Waals surface area contributed by atoms with Gasteiger partial charge in [0.15, 0.2) is 6.61 Å². The van der Waals surface area contributed by atoms with E-state index >= 15 is 0 Å². The second kappa shape index (κ2) is 9.70. The normalized spacial score (nSPS) is 12.2. The third-order valence-corrected chi connectivity index (χ3v) is 2.95. The van der Waals surface area contributed by atoms with Crippen LogP contribution < -0.4 is 20.7 Å². The van der Waals surface area contributed by atoms with Crippen molar-refractivity contribution in [1.82, 2.24) is 20.9 Å². The van der Waals surface area contributed by atoms with E-state index < -0.39 is 24.9 Å². The van der Waals surface area contributed by atoms with Gasteiger partial charge >= 0.3 is 12.2 Å². The molecule has 1 heterocycles. The van der Waals surface area contributed by atoms with Crippen molar-refractivity contribution in [3.63, 3.8) is 0 Å². The van der Waals surface area contributed by atoms with E-state index in [4.69, 9.17) is 0 Å². The second-order valence-corrected chi connectivity index (χ2v) is 5.21. The van der Waals surface area contributed by atoms with Gasteiger partial charge in [-0.3, -0.25) is 4.79 Å². The molecule has 0 bridgehead atoms. The third kappa shape index (κ3) is 8.23. The molecule has 3 amide bonds. The smallest absolute Gasteiger partial charge is 0.422 e. The maximum absolute atomic E-state index is 12.2. The number of nitrogens with zero attached hydrogens (tertiary/aromatic N) is 1. The number of aromatic nitrogens is 1. The zero-order chi connectivity index (χ0) is 18.9. The topological polar surface area (TPSA) is 92.4 Å². The molecular formula is C15H21F3N4O3. The van der Waals surface area contributed by atoms with Crippen LogP contribution in [0.5, 0.6) is 5.88 Å². The Kier molecular flexibility index (Phi) is 7.96. The summed E-state index contributed by atoms with van der Waals surface area (Å²) in [7, 11) is 0. The zero-order valence-electron chi connectivity index (χ0n) is 13.9. The van der Waals surface area contributed by atoms with Gasteiger partial charge in [0, 0.05) is 24.8 Å². The van der Waals surface area contributed by atoms with Gasteiger partial charge in [-0.2, -0.15) is 13.2 Å². The minimum Gasteiger partial charge on any atom is -0.468 e. The summed E-state index contributed by atoms with van der Waals surface area (Å²) in [5, 5.41) is 7.51. The molecule has 7 nitrogen and oxygen atoms in total. The zero-order valence-corrected chi connectivity index (χ0v) is 13.9. The number of ether oxygens (including phenoxy) is 1. The molecule has 1 rings (SSSR count). The average molecular weight is 362 g/mol. The van der Waals surface area contributed by atoms with Crippen molar-refractivity contribution in [2.45, 2.75) is 39.0 Å². The largest absolute Gasteiger partial charge is 0.468 e. The van der Waals surface area contributed by atoms with Crippen molar-refractivity contribution in [2.24, 2.45) is 0 Å². The summed E-state index contributed by atoms with van der Waals surface area (Å²) in [4.78, 5) is 27.2. The number of rotatable bonds is 8. The highest BCUT2D eigenvalue weighted by molar-refractivity contribution is 5.86. The lowest BCUT2D eigenvalue weighted by atomic mass is 10.2. The van der Waals surface area contributed by atoms with E-state index in [9.17, 15) is 22.8 Å². The Balaban J connectivity index is 2.52. The van der Waals surface area contributed by atoms with Crippen LogP contribution in [0.2, 0.25) is 0 Å². The first kappa shape index (κ1) is 20.5. The van der Waals surface area contributed by atoms with Gasteiger partial charge in [-0.15, -0.1) is 0 Å². The highest BCUT2D eigenvalue weighted by atomic mass is 19.4. The molecule has 10 heteroatoms. The average Bonchev–Trinajstić information content (AvgIpc) is 2.55. The first-order valence-corrected chi connectivity index (χ1v) is 7.68. The molecule has 25 heavy (non-hydrogen) atoms. The molecule has 0 saturated heterocycles. The van der Waals surface area contributed by atoms with Crippen molar-refractivity contribution >= 4 is 11.9 Å². The van der Waals surface area contributed by atoms with Crippen LogP contribution in [0.4, 0.5) is 18.0 Å². The Morgan fingerprint density at radius 3 is 2.68 bits per heavy atom. The highest BCUT2D eigenvalue weighted by Crippen LogP contribution is 2.19. The first-order valence-electron chi connectivity index (χ1n) is 7.68. The molecule has 0 fully saturated rings. The summed E-state index contributed by atoms with van der Waals surface area (Å²) in [6, 6.07) is 1.61. The molecule has 140 valence electrons. The number of pyridine rings is 1. The van der Waals surface area contributed by atoms with Crippen LogP contribution in [0.3, 0.4) is 0 Å². The molecule has 0 aromatic carbocycles. The summed E-state index contributed by atoms with van der Waals surface area (Å²) in [6.45, 7) is 2.35. The number of halogens is 3. The van der Waals surface area contributed by atoms with Crippen LogP contribution in [0.25, 0.3) is 0 Å². The summed E-state index contributed by atoms with van der Waals surface area (Å²) < 4.78 is 41.3. The van der Waals surface area contributed by atoms with E-state index in [1.54, 1.807) is 0 Å². The molecule has 0 spiro atoms. The van der Waals surface area contributed by atoms with Crippen molar-refractivity contribution in [1.29, 1.82) is 0 Å².